The number of thiophene rings is 1. The van der Waals surface area contributed by atoms with Crippen LogP contribution in [0.4, 0.5) is 0 Å². The Morgan fingerprint density at radius 3 is 2.44 bits per heavy atom. The molecule has 3 rings (SSSR count). The van der Waals surface area contributed by atoms with Gasteiger partial charge in [-0.15, -0.1) is 11.3 Å². The van der Waals surface area contributed by atoms with Crippen molar-refractivity contribution in [2.24, 2.45) is 0 Å². The number of benzene rings is 1. The van der Waals surface area contributed by atoms with E-state index in [1.54, 1.807) is 11.3 Å². The molecule has 1 aromatic carbocycles. The number of fused-ring (bicyclic) bond motifs is 1. The Kier molecular flexibility index (Phi) is 4.93. The van der Waals surface area contributed by atoms with Gasteiger partial charge in [-0.1, -0.05) is 52.0 Å². The molecule has 134 valence electrons. The van der Waals surface area contributed by atoms with Crippen LogP contribution in [0.25, 0.3) is 11.6 Å². The molecular formula is C22H28O2S. The summed E-state index contributed by atoms with van der Waals surface area (Å²) in [4.78, 5) is 6.47. The Hall–Kier alpha value is -1.42. The number of hydrogen-bond acceptors (Lipinski definition) is 3. The van der Waals surface area contributed by atoms with Crippen LogP contribution in [0.2, 0.25) is 0 Å². The second-order valence-corrected chi connectivity index (χ2v) is 9.61. The van der Waals surface area contributed by atoms with Crippen molar-refractivity contribution in [3.05, 3.63) is 56.8 Å². The van der Waals surface area contributed by atoms with Crippen molar-refractivity contribution in [3.8, 4) is 0 Å². The van der Waals surface area contributed by atoms with Gasteiger partial charge in [0, 0.05) is 9.75 Å². The second kappa shape index (κ2) is 6.71. The van der Waals surface area contributed by atoms with E-state index in [-0.39, 0.29) is 17.4 Å². The number of allylic oxidation sites excluding steroid dienone is 1. The zero-order valence-corrected chi connectivity index (χ0v) is 16.7. The molecule has 1 aromatic heterocycles. The molecule has 1 aliphatic rings. The summed E-state index contributed by atoms with van der Waals surface area (Å²) in [6.45, 7) is 11.8. The lowest BCUT2D eigenvalue weighted by Crippen LogP contribution is -2.33. The summed E-state index contributed by atoms with van der Waals surface area (Å²) < 4.78 is 0. The fourth-order valence-corrected chi connectivity index (χ4v) is 4.63. The van der Waals surface area contributed by atoms with Gasteiger partial charge in [0.05, 0.1) is 0 Å². The standard InChI is InChI=1S/C22H28O2S/c1-15(20-9-7-17(25-20)14-24-23)12-16-6-8-18-19(13-16)22(4,5)11-10-21(18,2)3/h6-9,12-13,23H,10-11,14H2,1-5H3. The second-order valence-electron chi connectivity index (χ2n) is 8.44. The van der Waals surface area contributed by atoms with Crippen molar-refractivity contribution in [1.82, 2.24) is 0 Å². The first-order valence-corrected chi connectivity index (χ1v) is 9.73. The van der Waals surface area contributed by atoms with Gasteiger partial charge in [-0.05, 0) is 65.0 Å². The maximum absolute atomic E-state index is 8.60. The van der Waals surface area contributed by atoms with E-state index in [2.05, 4.69) is 69.8 Å². The van der Waals surface area contributed by atoms with Crippen molar-refractivity contribution in [2.75, 3.05) is 0 Å². The van der Waals surface area contributed by atoms with E-state index in [1.165, 1.54) is 40.0 Å². The first-order valence-electron chi connectivity index (χ1n) is 8.92. The van der Waals surface area contributed by atoms with Crippen LogP contribution in [0.5, 0.6) is 0 Å². The van der Waals surface area contributed by atoms with E-state index in [1.807, 2.05) is 6.07 Å². The quantitative estimate of drug-likeness (QED) is 0.491. The summed E-state index contributed by atoms with van der Waals surface area (Å²) in [6.07, 6.45) is 4.73. The molecule has 0 aliphatic heterocycles. The molecule has 0 bridgehead atoms. The summed E-state index contributed by atoms with van der Waals surface area (Å²) in [7, 11) is 0. The van der Waals surface area contributed by atoms with Crippen molar-refractivity contribution in [1.29, 1.82) is 0 Å². The SMILES string of the molecule is CC(=Cc1ccc2c(c1)C(C)(C)CCC2(C)C)c1ccc(COO)s1. The van der Waals surface area contributed by atoms with Gasteiger partial charge in [0.2, 0.25) is 0 Å². The highest BCUT2D eigenvalue weighted by Gasteiger charge is 2.36. The Morgan fingerprint density at radius 1 is 1.08 bits per heavy atom. The van der Waals surface area contributed by atoms with Crippen LogP contribution in [-0.2, 0) is 22.3 Å². The van der Waals surface area contributed by atoms with Crippen molar-refractivity contribution in [2.45, 2.75) is 64.9 Å². The Morgan fingerprint density at radius 2 is 1.76 bits per heavy atom. The lowest BCUT2D eigenvalue weighted by atomic mass is 9.63. The molecule has 0 spiro atoms. The molecule has 2 nitrogen and oxygen atoms in total. The fourth-order valence-electron chi connectivity index (χ4n) is 3.75. The molecule has 25 heavy (non-hydrogen) atoms. The molecule has 0 unspecified atom stereocenters. The molecule has 0 amide bonds. The summed E-state index contributed by atoms with van der Waals surface area (Å²) >= 11 is 1.66. The molecule has 1 heterocycles. The van der Waals surface area contributed by atoms with Crippen LogP contribution < -0.4 is 0 Å². The van der Waals surface area contributed by atoms with Crippen LogP contribution in [0.15, 0.2) is 30.3 Å². The Balaban J connectivity index is 1.95. The highest BCUT2D eigenvalue weighted by molar-refractivity contribution is 7.13. The van der Waals surface area contributed by atoms with E-state index < -0.39 is 0 Å². The first-order chi connectivity index (χ1) is 11.7. The minimum atomic E-state index is 0.233. The molecule has 2 aromatic rings. The van der Waals surface area contributed by atoms with Gasteiger partial charge in [-0.25, -0.2) is 4.89 Å². The number of hydrogen-bond donors (Lipinski definition) is 1. The van der Waals surface area contributed by atoms with E-state index in [0.717, 1.165) is 4.88 Å². The van der Waals surface area contributed by atoms with E-state index in [0.29, 0.717) is 0 Å². The molecule has 0 saturated carbocycles. The normalized spacial score (nSPS) is 18.9. The summed E-state index contributed by atoms with van der Waals surface area (Å²) in [5, 5.41) is 8.60. The lowest BCUT2D eigenvalue weighted by Gasteiger charge is -2.42. The van der Waals surface area contributed by atoms with Gasteiger partial charge in [0.25, 0.3) is 0 Å². The molecular weight excluding hydrogens is 328 g/mol. The molecule has 0 radical (unpaired) electrons. The van der Waals surface area contributed by atoms with Crippen LogP contribution in [0, 0.1) is 0 Å². The third-order valence-corrected chi connectivity index (χ3v) is 6.71. The Bertz CT molecular complexity index is 796. The van der Waals surface area contributed by atoms with Crippen LogP contribution in [0.1, 0.15) is 73.9 Å². The van der Waals surface area contributed by atoms with Crippen LogP contribution in [-0.4, -0.2) is 5.26 Å². The van der Waals surface area contributed by atoms with E-state index in [9.17, 15) is 0 Å². The molecule has 0 atom stereocenters. The smallest absolute Gasteiger partial charge is 0.116 e. The molecule has 1 aliphatic carbocycles. The summed E-state index contributed by atoms with van der Waals surface area (Å²) in [5.41, 5.74) is 5.98. The van der Waals surface area contributed by atoms with Gasteiger partial charge in [-0.3, -0.25) is 5.26 Å². The molecule has 1 N–H and O–H groups in total. The third-order valence-electron chi connectivity index (χ3n) is 5.52. The largest absolute Gasteiger partial charge is 0.251 e. The zero-order chi connectivity index (χ0) is 18.2. The lowest BCUT2D eigenvalue weighted by molar-refractivity contribution is -0.252. The first kappa shape index (κ1) is 18.4. The molecule has 0 saturated heterocycles. The van der Waals surface area contributed by atoms with Crippen LogP contribution in [0.3, 0.4) is 0 Å². The van der Waals surface area contributed by atoms with Gasteiger partial charge in [0.15, 0.2) is 0 Å². The van der Waals surface area contributed by atoms with Crippen molar-refractivity contribution < 1.29 is 10.1 Å². The monoisotopic (exact) mass is 356 g/mol. The van der Waals surface area contributed by atoms with Gasteiger partial charge < -0.3 is 0 Å². The van der Waals surface area contributed by atoms with Gasteiger partial charge >= 0.3 is 0 Å². The Labute approximate surface area is 155 Å². The van der Waals surface area contributed by atoms with Crippen molar-refractivity contribution >= 4 is 23.0 Å². The van der Waals surface area contributed by atoms with E-state index >= 15 is 0 Å². The topological polar surface area (TPSA) is 29.5 Å². The third kappa shape index (κ3) is 3.74. The minimum absolute atomic E-state index is 0.233. The maximum Gasteiger partial charge on any atom is 0.116 e. The highest BCUT2D eigenvalue weighted by atomic mass is 32.1. The predicted molar refractivity (Wildman–Crippen MR) is 107 cm³/mol. The maximum atomic E-state index is 8.60. The molecule has 0 fully saturated rings. The zero-order valence-electron chi connectivity index (χ0n) is 15.8. The minimum Gasteiger partial charge on any atom is -0.251 e. The van der Waals surface area contributed by atoms with E-state index in [4.69, 9.17) is 5.26 Å². The highest BCUT2D eigenvalue weighted by Crippen LogP contribution is 2.46. The average molecular weight is 357 g/mol. The summed E-state index contributed by atoms with van der Waals surface area (Å²) in [6, 6.07) is 11.1. The predicted octanol–water partition coefficient (Wildman–Crippen LogP) is 6.65. The fraction of sp³-hybridized carbons (Fsp3) is 0.455. The number of rotatable bonds is 4. The summed E-state index contributed by atoms with van der Waals surface area (Å²) in [5.74, 6) is 0. The average Bonchev–Trinajstić information content (AvgIpc) is 3.01. The van der Waals surface area contributed by atoms with Gasteiger partial charge in [0.1, 0.15) is 6.61 Å². The van der Waals surface area contributed by atoms with Gasteiger partial charge in [-0.2, -0.15) is 0 Å². The van der Waals surface area contributed by atoms with Crippen LogP contribution >= 0.6 is 11.3 Å². The van der Waals surface area contributed by atoms with Crippen molar-refractivity contribution in [3.63, 3.8) is 0 Å². The molecule has 3 heteroatoms.